The molecule has 0 bridgehead atoms. The molecule has 0 amide bonds. The second kappa shape index (κ2) is 6.48. The molecule has 17 heavy (non-hydrogen) atoms. The van der Waals surface area contributed by atoms with Gasteiger partial charge in [0.05, 0.1) is 18.0 Å². The van der Waals surface area contributed by atoms with Crippen molar-refractivity contribution in [2.24, 2.45) is 0 Å². The van der Waals surface area contributed by atoms with E-state index in [4.69, 9.17) is 11.6 Å². The van der Waals surface area contributed by atoms with Crippen LogP contribution in [0.25, 0.3) is 0 Å². The van der Waals surface area contributed by atoms with Crippen LogP contribution in [0.15, 0.2) is 0 Å². The maximum Gasteiger partial charge on any atom is 0.211 e. The Morgan fingerprint density at radius 3 is 2.65 bits per heavy atom. The van der Waals surface area contributed by atoms with Gasteiger partial charge in [-0.3, -0.25) is 0 Å². The highest BCUT2D eigenvalue weighted by molar-refractivity contribution is 7.88. The lowest BCUT2D eigenvalue weighted by Gasteiger charge is -2.17. The molecule has 0 radical (unpaired) electrons. The molecule has 0 aliphatic rings. The van der Waals surface area contributed by atoms with Gasteiger partial charge in [-0.15, -0.1) is 0 Å². The molecule has 0 saturated heterocycles. The Bertz CT molecular complexity index is 448. The van der Waals surface area contributed by atoms with Crippen molar-refractivity contribution in [3.05, 3.63) is 5.15 Å². The smallest absolute Gasteiger partial charge is 0.211 e. The zero-order chi connectivity index (χ0) is 12.9. The zero-order valence-corrected chi connectivity index (χ0v) is 12.1. The molecular weight excluding hydrogens is 284 g/mol. The first-order chi connectivity index (χ1) is 7.95. The van der Waals surface area contributed by atoms with E-state index in [0.29, 0.717) is 37.0 Å². The third-order valence-corrected chi connectivity index (χ3v) is 4.42. The van der Waals surface area contributed by atoms with Crippen molar-refractivity contribution in [2.75, 3.05) is 31.2 Å². The molecule has 9 heteroatoms. The minimum Gasteiger partial charge on any atom is -0.367 e. The van der Waals surface area contributed by atoms with E-state index >= 15 is 0 Å². The number of anilines is 1. The molecule has 0 aromatic carbocycles. The maximum atomic E-state index is 11.3. The van der Waals surface area contributed by atoms with Crippen molar-refractivity contribution in [3.63, 3.8) is 0 Å². The van der Waals surface area contributed by atoms with Crippen LogP contribution in [0.2, 0.25) is 5.15 Å². The first-order valence-electron chi connectivity index (χ1n) is 5.12. The average Bonchev–Trinajstić information content (AvgIpc) is 2.62. The fourth-order valence-electron chi connectivity index (χ4n) is 1.30. The molecule has 1 aromatic heterocycles. The van der Waals surface area contributed by atoms with Crippen molar-refractivity contribution >= 4 is 39.2 Å². The van der Waals surface area contributed by atoms with Gasteiger partial charge >= 0.3 is 0 Å². The standard InChI is InChI=1S/C8H15ClN4O2S2/c1-3-13(17(2,14)15)6-4-5-10-8-7(9)11-16-12-8/h3-6H2,1-2H3,(H,10,12). The second-order valence-electron chi connectivity index (χ2n) is 3.44. The van der Waals surface area contributed by atoms with Crippen molar-refractivity contribution < 1.29 is 8.42 Å². The van der Waals surface area contributed by atoms with E-state index < -0.39 is 10.0 Å². The number of hydrogen-bond acceptors (Lipinski definition) is 6. The van der Waals surface area contributed by atoms with E-state index in [0.717, 1.165) is 11.7 Å². The molecule has 1 heterocycles. The number of aromatic nitrogens is 2. The fourth-order valence-corrected chi connectivity index (χ4v) is 2.92. The van der Waals surface area contributed by atoms with Gasteiger partial charge in [0, 0.05) is 19.6 Å². The Morgan fingerprint density at radius 2 is 2.18 bits per heavy atom. The minimum atomic E-state index is -3.10. The Hall–Kier alpha value is -0.440. The molecule has 0 aliphatic carbocycles. The number of nitrogens with one attached hydrogen (secondary N) is 1. The van der Waals surface area contributed by atoms with Gasteiger partial charge in [-0.2, -0.15) is 8.75 Å². The molecule has 98 valence electrons. The average molecular weight is 299 g/mol. The molecule has 0 saturated carbocycles. The molecular formula is C8H15ClN4O2S2. The monoisotopic (exact) mass is 298 g/mol. The number of nitrogens with zero attached hydrogens (tertiary/aromatic N) is 3. The Morgan fingerprint density at radius 1 is 1.47 bits per heavy atom. The maximum absolute atomic E-state index is 11.3. The van der Waals surface area contributed by atoms with Crippen LogP contribution >= 0.6 is 23.3 Å². The summed E-state index contributed by atoms with van der Waals surface area (Å²) >= 11 is 6.79. The van der Waals surface area contributed by atoms with Gasteiger partial charge in [-0.25, -0.2) is 12.7 Å². The molecule has 0 spiro atoms. The van der Waals surface area contributed by atoms with Crippen LogP contribution in [0.3, 0.4) is 0 Å². The number of halogens is 1. The molecule has 1 aromatic rings. The van der Waals surface area contributed by atoms with Crippen LogP contribution in [-0.4, -0.2) is 47.4 Å². The van der Waals surface area contributed by atoms with Gasteiger partial charge in [0.2, 0.25) is 10.0 Å². The largest absolute Gasteiger partial charge is 0.367 e. The summed E-state index contributed by atoms with van der Waals surface area (Å²) in [7, 11) is -3.10. The first-order valence-corrected chi connectivity index (χ1v) is 8.08. The summed E-state index contributed by atoms with van der Waals surface area (Å²) in [6.45, 7) is 3.39. The zero-order valence-electron chi connectivity index (χ0n) is 9.68. The third kappa shape index (κ3) is 4.74. The van der Waals surface area contributed by atoms with E-state index in [1.807, 2.05) is 6.92 Å². The van der Waals surface area contributed by atoms with Gasteiger partial charge in [0.1, 0.15) is 0 Å². The third-order valence-electron chi connectivity index (χ3n) is 2.15. The normalized spacial score (nSPS) is 12.0. The SMILES string of the molecule is CCN(CCCNc1nsnc1Cl)S(C)(=O)=O. The van der Waals surface area contributed by atoms with E-state index in [1.165, 1.54) is 10.6 Å². The van der Waals surface area contributed by atoms with Gasteiger partial charge in [0.15, 0.2) is 11.0 Å². The van der Waals surface area contributed by atoms with Crippen molar-refractivity contribution in [1.82, 2.24) is 13.1 Å². The lowest BCUT2D eigenvalue weighted by molar-refractivity contribution is 0.428. The lowest BCUT2D eigenvalue weighted by atomic mass is 10.4. The molecule has 0 aliphatic heterocycles. The summed E-state index contributed by atoms with van der Waals surface area (Å²) < 4.78 is 31.8. The summed E-state index contributed by atoms with van der Waals surface area (Å²) in [5.41, 5.74) is 0. The van der Waals surface area contributed by atoms with E-state index in [-0.39, 0.29) is 0 Å². The molecule has 0 atom stereocenters. The van der Waals surface area contributed by atoms with Crippen LogP contribution in [0, 0.1) is 0 Å². The fraction of sp³-hybridized carbons (Fsp3) is 0.750. The summed E-state index contributed by atoms with van der Waals surface area (Å²) in [5.74, 6) is 0.555. The Balaban J connectivity index is 2.31. The van der Waals surface area contributed by atoms with Gasteiger partial charge < -0.3 is 5.32 Å². The van der Waals surface area contributed by atoms with Gasteiger partial charge in [-0.1, -0.05) is 18.5 Å². The summed E-state index contributed by atoms with van der Waals surface area (Å²) in [6, 6.07) is 0. The highest BCUT2D eigenvalue weighted by Gasteiger charge is 2.13. The van der Waals surface area contributed by atoms with Crippen molar-refractivity contribution in [1.29, 1.82) is 0 Å². The number of sulfonamides is 1. The topological polar surface area (TPSA) is 75.2 Å². The predicted octanol–water partition coefficient (Wildman–Crippen LogP) is 1.27. The minimum absolute atomic E-state index is 0.352. The summed E-state index contributed by atoms with van der Waals surface area (Å²) in [6.07, 6.45) is 1.90. The van der Waals surface area contributed by atoms with Crippen molar-refractivity contribution in [3.8, 4) is 0 Å². The van der Waals surface area contributed by atoms with Crippen LogP contribution in [0.4, 0.5) is 5.82 Å². The lowest BCUT2D eigenvalue weighted by Crippen LogP contribution is -2.31. The molecule has 1 rings (SSSR count). The van der Waals surface area contributed by atoms with Crippen LogP contribution in [0.1, 0.15) is 13.3 Å². The van der Waals surface area contributed by atoms with Crippen molar-refractivity contribution in [2.45, 2.75) is 13.3 Å². The number of hydrogen-bond donors (Lipinski definition) is 1. The summed E-state index contributed by atoms with van der Waals surface area (Å²) in [5, 5.41) is 3.36. The molecule has 6 nitrogen and oxygen atoms in total. The van der Waals surface area contributed by atoms with Crippen LogP contribution in [0.5, 0.6) is 0 Å². The molecule has 1 N–H and O–H groups in total. The number of rotatable bonds is 7. The Kier molecular flexibility index (Phi) is 5.57. The quantitative estimate of drug-likeness (QED) is 0.767. The van der Waals surface area contributed by atoms with Gasteiger partial charge in [-0.05, 0) is 6.42 Å². The Labute approximate surface area is 110 Å². The second-order valence-corrected chi connectivity index (χ2v) is 6.31. The highest BCUT2D eigenvalue weighted by Crippen LogP contribution is 2.17. The van der Waals surface area contributed by atoms with Gasteiger partial charge in [0.25, 0.3) is 0 Å². The first kappa shape index (κ1) is 14.6. The molecule has 0 unspecified atom stereocenters. The van der Waals surface area contributed by atoms with Crippen LogP contribution < -0.4 is 5.32 Å². The van der Waals surface area contributed by atoms with E-state index in [1.54, 1.807) is 0 Å². The summed E-state index contributed by atoms with van der Waals surface area (Å²) in [4.78, 5) is 0. The predicted molar refractivity (Wildman–Crippen MR) is 70.1 cm³/mol. The van der Waals surface area contributed by atoms with E-state index in [9.17, 15) is 8.42 Å². The van der Waals surface area contributed by atoms with E-state index in [2.05, 4.69) is 14.1 Å². The highest BCUT2D eigenvalue weighted by atomic mass is 35.5. The molecule has 0 fully saturated rings. The van der Waals surface area contributed by atoms with Crippen LogP contribution in [-0.2, 0) is 10.0 Å².